The van der Waals surface area contributed by atoms with Crippen molar-refractivity contribution in [1.29, 1.82) is 0 Å². The predicted molar refractivity (Wildman–Crippen MR) is 72.5 cm³/mol. The summed E-state index contributed by atoms with van der Waals surface area (Å²) in [5.74, 6) is 0.0984. The highest BCUT2D eigenvalue weighted by atomic mass is 32.2. The molecule has 2 rings (SSSR count). The molecule has 1 heterocycles. The molecule has 0 aliphatic carbocycles. The number of hydrogen-bond donors (Lipinski definition) is 2. The van der Waals surface area contributed by atoms with Gasteiger partial charge in [0.2, 0.25) is 5.91 Å². The Labute approximate surface area is 106 Å². The van der Waals surface area contributed by atoms with Crippen LogP contribution in [0.4, 0.5) is 5.69 Å². The number of thioether (sulfide) groups is 1. The van der Waals surface area contributed by atoms with Gasteiger partial charge < -0.3 is 10.6 Å². The molecule has 1 atom stereocenters. The molecule has 0 aromatic heterocycles. The first-order valence-electron chi connectivity index (χ1n) is 5.95. The number of hydrogen-bond acceptors (Lipinski definition) is 3. The zero-order chi connectivity index (χ0) is 12.1. The van der Waals surface area contributed by atoms with Gasteiger partial charge in [-0.25, -0.2) is 0 Å². The molecule has 0 spiro atoms. The van der Waals surface area contributed by atoms with E-state index >= 15 is 0 Å². The molecule has 1 amide bonds. The SMILES string of the molecule is CSc1ccc(NC(=O)CC2CCCN2)cc1. The van der Waals surface area contributed by atoms with Crippen molar-refractivity contribution in [2.24, 2.45) is 0 Å². The fourth-order valence-corrected chi connectivity index (χ4v) is 2.45. The van der Waals surface area contributed by atoms with E-state index in [-0.39, 0.29) is 5.91 Å². The summed E-state index contributed by atoms with van der Waals surface area (Å²) in [6, 6.07) is 8.31. The molecule has 1 unspecified atom stereocenters. The highest BCUT2D eigenvalue weighted by molar-refractivity contribution is 7.98. The molecule has 17 heavy (non-hydrogen) atoms. The fraction of sp³-hybridized carbons (Fsp3) is 0.462. The van der Waals surface area contributed by atoms with Crippen LogP contribution in [0.1, 0.15) is 19.3 Å². The van der Waals surface area contributed by atoms with Crippen molar-refractivity contribution in [3.05, 3.63) is 24.3 Å². The Morgan fingerprint density at radius 2 is 2.24 bits per heavy atom. The van der Waals surface area contributed by atoms with E-state index in [1.807, 2.05) is 30.5 Å². The Bertz CT molecular complexity index is 372. The minimum absolute atomic E-state index is 0.0984. The van der Waals surface area contributed by atoms with Crippen LogP contribution in [0.25, 0.3) is 0 Å². The van der Waals surface area contributed by atoms with Crippen LogP contribution in [0.5, 0.6) is 0 Å². The van der Waals surface area contributed by atoms with Gasteiger partial charge in [0, 0.05) is 23.0 Å². The summed E-state index contributed by atoms with van der Waals surface area (Å²) in [6.45, 7) is 1.04. The third kappa shape index (κ3) is 3.75. The topological polar surface area (TPSA) is 41.1 Å². The van der Waals surface area contributed by atoms with Crippen molar-refractivity contribution in [2.75, 3.05) is 18.1 Å². The normalized spacial score (nSPS) is 19.2. The van der Waals surface area contributed by atoms with E-state index in [2.05, 4.69) is 10.6 Å². The van der Waals surface area contributed by atoms with Crippen LogP contribution in [0.15, 0.2) is 29.2 Å². The molecule has 1 aliphatic heterocycles. The lowest BCUT2D eigenvalue weighted by Crippen LogP contribution is -2.27. The van der Waals surface area contributed by atoms with Gasteiger partial charge in [0.05, 0.1) is 0 Å². The Morgan fingerprint density at radius 1 is 1.47 bits per heavy atom. The lowest BCUT2D eigenvalue weighted by Gasteiger charge is -2.10. The second-order valence-electron chi connectivity index (χ2n) is 4.27. The minimum atomic E-state index is 0.0984. The number of amides is 1. The molecular weight excluding hydrogens is 232 g/mol. The monoisotopic (exact) mass is 250 g/mol. The highest BCUT2D eigenvalue weighted by Gasteiger charge is 2.17. The fourth-order valence-electron chi connectivity index (χ4n) is 2.04. The van der Waals surface area contributed by atoms with Gasteiger partial charge in [-0.05, 0) is 49.9 Å². The highest BCUT2D eigenvalue weighted by Crippen LogP contribution is 2.18. The molecule has 3 nitrogen and oxygen atoms in total. The smallest absolute Gasteiger partial charge is 0.225 e. The third-order valence-electron chi connectivity index (χ3n) is 2.97. The van der Waals surface area contributed by atoms with Gasteiger partial charge in [0.25, 0.3) is 0 Å². The van der Waals surface area contributed by atoms with E-state index in [4.69, 9.17) is 0 Å². The molecule has 2 N–H and O–H groups in total. The maximum absolute atomic E-state index is 11.8. The predicted octanol–water partition coefficient (Wildman–Crippen LogP) is 2.49. The summed E-state index contributed by atoms with van der Waals surface area (Å²) in [7, 11) is 0. The van der Waals surface area contributed by atoms with Gasteiger partial charge in [-0.15, -0.1) is 11.8 Å². The van der Waals surface area contributed by atoms with Crippen LogP contribution < -0.4 is 10.6 Å². The lowest BCUT2D eigenvalue weighted by atomic mass is 10.1. The first-order valence-corrected chi connectivity index (χ1v) is 7.17. The van der Waals surface area contributed by atoms with Gasteiger partial charge in [-0.3, -0.25) is 4.79 Å². The minimum Gasteiger partial charge on any atom is -0.326 e. The number of rotatable bonds is 4. The molecule has 0 bridgehead atoms. The molecule has 0 radical (unpaired) electrons. The van der Waals surface area contributed by atoms with Crippen LogP contribution >= 0.6 is 11.8 Å². The Morgan fingerprint density at radius 3 is 2.82 bits per heavy atom. The first kappa shape index (κ1) is 12.5. The van der Waals surface area contributed by atoms with Crippen molar-refractivity contribution in [2.45, 2.75) is 30.2 Å². The van der Waals surface area contributed by atoms with Crippen molar-refractivity contribution >= 4 is 23.4 Å². The second-order valence-corrected chi connectivity index (χ2v) is 5.15. The molecule has 92 valence electrons. The largest absolute Gasteiger partial charge is 0.326 e. The number of anilines is 1. The van der Waals surface area contributed by atoms with Crippen molar-refractivity contribution in [3.63, 3.8) is 0 Å². The van der Waals surface area contributed by atoms with Gasteiger partial charge in [-0.2, -0.15) is 0 Å². The summed E-state index contributed by atoms with van der Waals surface area (Å²) < 4.78 is 0. The van der Waals surface area contributed by atoms with Crippen LogP contribution in [-0.4, -0.2) is 24.7 Å². The Balaban J connectivity index is 1.84. The Kier molecular flexibility index (Phi) is 4.45. The second kappa shape index (κ2) is 6.07. The van der Waals surface area contributed by atoms with Crippen molar-refractivity contribution < 1.29 is 4.79 Å². The number of carbonyl (C=O) groups is 1. The first-order chi connectivity index (χ1) is 8.28. The standard InChI is InChI=1S/C13H18N2OS/c1-17-12-6-4-10(5-7-12)15-13(16)9-11-3-2-8-14-11/h4-7,11,14H,2-3,8-9H2,1H3,(H,15,16). The number of benzene rings is 1. The number of nitrogens with one attached hydrogen (secondary N) is 2. The van der Waals surface area contributed by atoms with E-state index in [1.165, 1.54) is 11.3 Å². The van der Waals surface area contributed by atoms with E-state index in [9.17, 15) is 4.79 Å². The summed E-state index contributed by atoms with van der Waals surface area (Å²) in [5, 5.41) is 6.26. The zero-order valence-electron chi connectivity index (χ0n) is 10.0. The van der Waals surface area contributed by atoms with Crippen LogP contribution in [0, 0.1) is 0 Å². The molecule has 4 heteroatoms. The molecule has 0 saturated carbocycles. The van der Waals surface area contributed by atoms with Crippen LogP contribution in [-0.2, 0) is 4.79 Å². The van der Waals surface area contributed by atoms with Crippen LogP contribution in [0.3, 0.4) is 0 Å². The molecule has 1 aromatic rings. The maximum Gasteiger partial charge on any atom is 0.225 e. The van der Waals surface area contributed by atoms with Gasteiger partial charge in [0.1, 0.15) is 0 Å². The van der Waals surface area contributed by atoms with Gasteiger partial charge >= 0.3 is 0 Å². The third-order valence-corrected chi connectivity index (χ3v) is 3.71. The number of carbonyl (C=O) groups excluding carboxylic acids is 1. The van der Waals surface area contributed by atoms with E-state index in [1.54, 1.807) is 11.8 Å². The summed E-state index contributed by atoms with van der Waals surface area (Å²) in [5.41, 5.74) is 0.880. The maximum atomic E-state index is 11.8. The van der Waals surface area contributed by atoms with Gasteiger partial charge in [-0.1, -0.05) is 0 Å². The molecule has 1 fully saturated rings. The van der Waals surface area contributed by atoms with Crippen molar-refractivity contribution in [3.8, 4) is 0 Å². The molecular formula is C13H18N2OS. The average molecular weight is 250 g/mol. The molecule has 1 aromatic carbocycles. The Hall–Kier alpha value is -1.00. The summed E-state index contributed by atoms with van der Waals surface area (Å²) in [4.78, 5) is 13.0. The van der Waals surface area contributed by atoms with Gasteiger partial charge in [0.15, 0.2) is 0 Å². The summed E-state index contributed by atoms with van der Waals surface area (Å²) in [6.07, 6.45) is 4.91. The molecule has 1 saturated heterocycles. The summed E-state index contributed by atoms with van der Waals surface area (Å²) >= 11 is 1.70. The lowest BCUT2D eigenvalue weighted by molar-refractivity contribution is -0.116. The van der Waals surface area contributed by atoms with E-state index < -0.39 is 0 Å². The van der Waals surface area contributed by atoms with E-state index in [0.717, 1.165) is 18.7 Å². The van der Waals surface area contributed by atoms with Crippen molar-refractivity contribution in [1.82, 2.24) is 5.32 Å². The zero-order valence-corrected chi connectivity index (χ0v) is 10.8. The molecule has 1 aliphatic rings. The quantitative estimate of drug-likeness (QED) is 0.807. The van der Waals surface area contributed by atoms with Crippen LogP contribution in [0.2, 0.25) is 0 Å². The average Bonchev–Trinajstić information content (AvgIpc) is 2.82. The van der Waals surface area contributed by atoms with E-state index in [0.29, 0.717) is 12.5 Å².